The minimum atomic E-state index is -3.82. The molecule has 0 saturated heterocycles. The highest BCUT2D eigenvalue weighted by atomic mass is 79.9. The molecule has 8 heteroatoms. The summed E-state index contributed by atoms with van der Waals surface area (Å²) in [7, 11) is -2.27. The Morgan fingerprint density at radius 1 is 1.27 bits per heavy atom. The van der Waals surface area contributed by atoms with Crippen LogP contribution in [0.3, 0.4) is 0 Å². The molecule has 138 valence electrons. The van der Waals surface area contributed by atoms with E-state index in [9.17, 15) is 13.2 Å². The van der Waals surface area contributed by atoms with Gasteiger partial charge in [0.25, 0.3) is 10.0 Å². The Hall–Kier alpha value is -2.06. The van der Waals surface area contributed by atoms with E-state index in [1.54, 1.807) is 55.3 Å². The van der Waals surface area contributed by atoms with Crippen LogP contribution in [0.2, 0.25) is 0 Å². The highest BCUT2D eigenvalue weighted by Gasteiger charge is 2.28. The molecule has 3 rings (SSSR count). The topological polar surface area (TPSA) is 75.7 Å². The molecule has 1 heterocycles. The summed E-state index contributed by atoms with van der Waals surface area (Å²) in [5.74, 6) is 0.623. The van der Waals surface area contributed by atoms with Crippen molar-refractivity contribution in [2.45, 2.75) is 24.7 Å². The molecule has 0 aliphatic carbocycles. The van der Waals surface area contributed by atoms with Crippen molar-refractivity contribution in [3.8, 4) is 5.75 Å². The molecule has 1 amide bonds. The number of carbonyl (C=O) groups is 1. The molecule has 1 N–H and O–H groups in total. The summed E-state index contributed by atoms with van der Waals surface area (Å²) in [6.45, 7) is 2.37. The molecule has 2 aromatic carbocycles. The number of ether oxygens (including phenoxy) is 1. The van der Waals surface area contributed by atoms with E-state index in [0.29, 0.717) is 41.0 Å². The highest BCUT2D eigenvalue weighted by Crippen LogP contribution is 2.36. The number of hydrogen-bond donors (Lipinski definition) is 1. The van der Waals surface area contributed by atoms with Crippen LogP contribution < -0.4 is 14.4 Å². The number of anilines is 2. The number of carbonyl (C=O) groups excluding carboxylic acids is 1. The van der Waals surface area contributed by atoms with Gasteiger partial charge in [0.1, 0.15) is 10.6 Å². The van der Waals surface area contributed by atoms with Crippen LogP contribution in [0.15, 0.2) is 45.8 Å². The van der Waals surface area contributed by atoms with Gasteiger partial charge >= 0.3 is 0 Å². The summed E-state index contributed by atoms with van der Waals surface area (Å²) in [6.07, 6.45) is 1.09. The first-order valence-electron chi connectivity index (χ1n) is 8.15. The van der Waals surface area contributed by atoms with Gasteiger partial charge in [0.2, 0.25) is 5.91 Å². The lowest BCUT2D eigenvalue weighted by molar-refractivity contribution is -0.118. The zero-order valence-corrected chi connectivity index (χ0v) is 16.9. The summed E-state index contributed by atoms with van der Waals surface area (Å²) < 4.78 is 33.8. The average Bonchev–Trinajstić information content (AvgIpc) is 3.03. The van der Waals surface area contributed by atoms with E-state index in [-0.39, 0.29) is 10.8 Å². The summed E-state index contributed by atoms with van der Waals surface area (Å²) in [4.78, 5) is 13.9. The van der Waals surface area contributed by atoms with Crippen molar-refractivity contribution >= 4 is 43.2 Å². The number of nitrogens with one attached hydrogen (secondary N) is 1. The highest BCUT2D eigenvalue weighted by molar-refractivity contribution is 9.10. The number of sulfonamides is 1. The molecule has 2 aromatic rings. The molecule has 0 saturated carbocycles. The minimum Gasteiger partial charge on any atom is -0.497 e. The summed E-state index contributed by atoms with van der Waals surface area (Å²) in [5, 5.41) is 0. The van der Waals surface area contributed by atoms with Crippen molar-refractivity contribution in [1.82, 2.24) is 0 Å². The zero-order valence-electron chi connectivity index (χ0n) is 14.5. The maximum absolute atomic E-state index is 12.8. The number of fused-ring (bicyclic) bond motifs is 1. The van der Waals surface area contributed by atoms with Gasteiger partial charge in [0.15, 0.2) is 0 Å². The predicted molar refractivity (Wildman–Crippen MR) is 104 cm³/mol. The third kappa shape index (κ3) is 3.57. The van der Waals surface area contributed by atoms with Gasteiger partial charge in [-0.3, -0.25) is 9.52 Å². The van der Waals surface area contributed by atoms with Gasteiger partial charge in [0, 0.05) is 28.8 Å². The van der Waals surface area contributed by atoms with Crippen molar-refractivity contribution in [2.75, 3.05) is 23.3 Å². The van der Waals surface area contributed by atoms with Crippen LogP contribution in [0, 0.1) is 0 Å². The number of hydrogen-bond acceptors (Lipinski definition) is 4. The molecule has 26 heavy (non-hydrogen) atoms. The Morgan fingerprint density at radius 2 is 1.96 bits per heavy atom. The monoisotopic (exact) mass is 438 g/mol. The second kappa shape index (κ2) is 7.28. The van der Waals surface area contributed by atoms with Crippen molar-refractivity contribution in [1.29, 1.82) is 0 Å². The molecule has 0 bridgehead atoms. The number of methoxy groups -OCH3 is 1. The van der Waals surface area contributed by atoms with E-state index in [0.717, 1.165) is 5.56 Å². The summed E-state index contributed by atoms with van der Waals surface area (Å²) in [6, 6.07) is 9.95. The molecule has 0 aromatic heterocycles. The lowest BCUT2D eigenvalue weighted by Gasteiger charge is -2.18. The van der Waals surface area contributed by atoms with Crippen LogP contribution in [-0.2, 0) is 21.2 Å². The number of benzene rings is 2. The Morgan fingerprint density at radius 3 is 2.58 bits per heavy atom. The van der Waals surface area contributed by atoms with E-state index >= 15 is 0 Å². The van der Waals surface area contributed by atoms with Crippen LogP contribution in [0.5, 0.6) is 5.75 Å². The maximum Gasteiger partial charge on any atom is 0.263 e. The largest absolute Gasteiger partial charge is 0.497 e. The van der Waals surface area contributed by atoms with Gasteiger partial charge in [0.05, 0.1) is 7.11 Å². The van der Waals surface area contributed by atoms with Gasteiger partial charge < -0.3 is 9.64 Å². The third-order valence-electron chi connectivity index (χ3n) is 4.26. The summed E-state index contributed by atoms with van der Waals surface area (Å²) in [5.41, 5.74) is 2.05. The standard InChI is InChI=1S/C18H19BrN2O4S/c1-3-18(22)21-9-8-12-10-15(19)17(11-16(12)21)26(23,24)20-13-4-6-14(25-2)7-5-13/h4-7,10-11,20H,3,8-9H2,1-2H3. The molecule has 0 unspecified atom stereocenters. The molecular formula is C18H19BrN2O4S. The number of amides is 1. The Labute approximate surface area is 161 Å². The second-order valence-electron chi connectivity index (χ2n) is 5.89. The first-order chi connectivity index (χ1) is 12.4. The molecule has 0 spiro atoms. The van der Waals surface area contributed by atoms with Gasteiger partial charge in [-0.05, 0) is 64.3 Å². The van der Waals surface area contributed by atoms with E-state index in [2.05, 4.69) is 20.7 Å². The lowest BCUT2D eigenvalue weighted by Crippen LogP contribution is -2.28. The van der Waals surface area contributed by atoms with Crippen LogP contribution in [0.4, 0.5) is 11.4 Å². The molecule has 0 atom stereocenters. The second-order valence-corrected chi connectivity index (χ2v) is 8.40. The quantitative estimate of drug-likeness (QED) is 0.773. The molecule has 0 fully saturated rings. The maximum atomic E-state index is 12.8. The Balaban J connectivity index is 1.96. The molecule has 0 radical (unpaired) electrons. The van der Waals surface area contributed by atoms with Crippen LogP contribution in [-0.4, -0.2) is 28.0 Å². The third-order valence-corrected chi connectivity index (χ3v) is 6.60. The van der Waals surface area contributed by atoms with E-state index in [1.807, 2.05) is 0 Å². The SMILES string of the molecule is CCC(=O)N1CCc2cc(Br)c(S(=O)(=O)Nc3ccc(OC)cc3)cc21. The molecule has 6 nitrogen and oxygen atoms in total. The molecule has 1 aliphatic heterocycles. The summed E-state index contributed by atoms with van der Waals surface area (Å²) >= 11 is 3.35. The van der Waals surface area contributed by atoms with Gasteiger partial charge in [-0.25, -0.2) is 8.42 Å². The fraction of sp³-hybridized carbons (Fsp3) is 0.278. The molecular weight excluding hydrogens is 420 g/mol. The lowest BCUT2D eigenvalue weighted by atomic mass is 10.2. The van der Waals surface area contributed by atoms with Crippen molar-refractivity contribution in [2.24, 2.45) is 0 Å². The van der Waals surface area contributed by atoms with Crippen molar-refractivity contribution in [3.63, 3.8) is 0 Å². The van der Waals surface area contributed by atoms with Gasteiger partial charge in [-0.15, -0.1) is 0 Å². The number of rotatable bonds is 5. The van der Waals surface area contributed by atoms with E-state index in [4.69, 9.17) is 4.74 Å². The van der Waals surface area contributed by atoms with Crippen LogP contribution in [0.25, 0.3) is 0 Å². The number of halogens is 1. The van der Waals surface area contributed by atoms with Crippen LogP contribution >= 0.6 is 15.9 Å². The van der Waals surface area contributed by atoms with Crippen molar-refractivity contribution < 1.29 is 17.9 Å². The fourth-order valence-electron chi connectivity index (χ4n) is 2.91. The van der Waals surface area contributed by atoms with E-state index in [1.165, 1.54) is 0 Å². The van der Waals surface area contributed by atoms with Crippen LogP contribution in [0.1, 0.15) is 18.9 Å². The smallest absolute Gasteiger partial charge is 0.263 e. The van der Waals surface area contributed by atoms with Gasteiger partial charge in [-0.2, -0.15) is 0 Å². The molecule has 1 aliphatic rings. The van der Waals surface area contributed by atoms with Gasteiger partial charge in [-0.1, -0.05) is 6.92 Å². The minimum absolute atomic E-state index is 0.0162. The first-order valence-corrected chi connectivity index (χ1v) is 10.4. The Kier molecular flexibility index (Phi) is 5.24. The van der Waals surface area contributed by atoms with E-state index < -0.39 is 10.0 Å². The number of nitrogens with zero attached hydrogens (tertiary/aromatic N) is 1. The first kappa shape index (κ1) is 18.7. The average molecular weight is 439 g/mol. The fourth-order valence-corrected chi connectivity index (χ4v) is 5.08. The predicted octanol–water partition coefficient (Wildman–Crippen LogP) is 3.56. The zero-order chi connectivity index (χ0) is 18.9. The normalized spacial score (nSPS) is 13.4. The van der Waals surface area contributed by atoms with Crippen molar-refractivity contribution in [3.05, 3.63) is 46.4 Å². The Bertz CT molecular complexity index is 942.